The standard InChI is InChI=1S/C13H15BrFN3O2/c1-18-6-7(2-3-12(18)19)17-13(20)8-4-11(16)10(15)5-9(8)14/h4-5,7H,2-3,6,16H2,1H3,(H,17,20). The number of likely N-dealkylation sites (tertiary alicyclic amines) is 1. The summed E-state index contributed by atoms with van der Waals surface area (Å²) in [6.45, 7) is 0.471. The molecule has 1 fully saturated rings. The van der Waals surface area contributed by atoms with Gasteiger partial charge in [0.15, 0.2) is 0 Å². The quantitative estimate of drug-likeness (QED) is 0.799. The number of halogens is 2. The van der Waals surface area contributed by atoms with Gasteiger partial charge in [0.1, 0.15) is 5.82 Å². The Morgan fingerprint density at radius 3 is 2.90 bits per heavy atom. The summed E-state index contributed by atoms with van der Waals surface area (Å²) in [5.41, 5.74) is 5.68. The number of amides is 2. The highest BCUT2D eigenvalue weighted by Crippen LogP contribution is 2.23. The summed E-state index contributed by atoms with van der Waals surface area (Å²) >= 11 is 3.15. The maximum atomic E-state index is 13.2. The molecule has 3 N–H and O–H groups in total. The lowest BCUT2D eigenvalue weighted by atomic mass is 10.0. The summed E-state index contributed by atoms with van der Waals surface area (Å²) in [4.78, 5) is 25.1. The van der Waals surface area contributed by atoms with Crippen molar-refractivity contribution < 1.29 is 14.0 Å². The van der Waals surface area contributed by atoms with Crippen LogP contribution in [0.5, 0.6) is 0 Å². The Morgan fingerprint density at radius 2 is 2.25 bits per heavy atom. The molecule has 1 aliphatic heterocycles. The molecule has 0 spiro atoms. The number of nitrogens with one attached hydrogen (secondary N) is 1. The molecule has 1 aromatic carbocycles. The zero-order chi connectivity index (χ0) is 14.9. The first-order valence-corrected chi connectivity index (χ1v) is 6.97. The number of benzene rings is 1. The molecule has 0 saturated carbocycles. The van der Waals surface area contributed by atoms with E-state index in [4.69, 9.17) is 5.73 Å². The van der Waals surface area contributed by atoms with Gasteiger partial charge in [0.05, 0.1) is 11.3 Å². The Morgan fingerprint density at radius 1 is 1.55 bits per heavy atom. The molecule has 0 radical (unpaired) electrons. The van der Waals surface area contributed by atoms with E-state index in [0.717, 1.165) is 0 Å². The molecule has 108 valence electrons. The molecule has 0 bridgehead atoms. The van der Waals surface area contributed by atoms with E-state index in [1.165, 1.54) is 12.1 Å². The number of nitrogens with two attached hydrogens (primary N) is 1. The second kappa shape index (κ2) is 5.78. The normalized spacial score (nSPS) is 19.1. The monoisotopic (exact) mass is 343 g/mol. The van der Waals surface area contributed by atoms with Crippen molar-refractivity contribution >= 4 is 33.4 Å². The van der Waals surface area contributed by atoms with Gasteiger partial charge in [-0.05, 0) is 34.5 Å². The first-order chi connectivity index (χ1) is 9.38. The van der Waals surface area contributed by atoms with Gasteiger partial charge >= 0.3 is 0 Å². The number of nitrogen functional groups attached to an aromatic ring is 1. The van der Waals surface area contributed by atoms with Crippen LogP contribution in [0, 0.1) is 5.82 Å². The van der Waals surface area contributed by atoms with Crippen LogP contribution < -0.4 is 11.1 Å². The molecule has 1 aliphatic rings. The lowest BCUT2D eigenvalue weighted by molar-refractivity contribution is -0.132. The molecule has 5 nitrogen and oxygen atoms in total. The summed E-state index contributed by atoms with van der Waals surface area (Å²) in [7, 11) is 1.70. The average molecular weight is 344 g/mol. The number of carbonyl (C=O) groups excluding carboxylic acids is 2. The molecule has 1 unspecified atom stereocenters. The summed E-state index contributed by atoms with van der Waals surface area (Å²) in [6.07, 6.45) is 1.01. The molecule has 7 heteroatoms. The maximum Gasteiger partial charge on any atom is 0.252 e. The Hall–Kier alpha value is -1.63. The highest BCUT2D eigenvalue weighted by atomic mass is 79.9. The number of anilines is 1. The molecule has 1 atom stereocenters. The Bertz CT molecular complexity index is 565. The Balaban J connectivity index is 2.09. The van der Waals surface area contributed by atoms with E-state index in [2.05, 4.69) is 21.2 Å². The van der Waals surface area contributed by atoms with Gasteiger partial charge in [0, 0.05) is 30.5 Å². The predicted molar refractivity (Wildman–Crippen MR) is 76.6 cm³/mol. The van der Waals surface area contributed by atoms with Gasteiger partial charge < -0.3 is 16.0 Å². The van der Waals surface area contributed by atoms with Crippen LogP contribution in [0.4, 0.5) is 10.1 Å². The minimum Gasteiger partial charge on any atom is -0.396 e. The van der Waals surface area contributed by atoms with Gasteiger partial charge in [0.2, 0.25) is 5.91 Å². The fraction of sp³-hybridized carbons (Fsp3) is 0.385. The largest absolute Gasteiger partial charge is 0.396 e. The van der Waals surface area contributed by atoms with E-state index < -0.39 is 5.82 Å². The third kappa shape index (κ3) is 3.09. The van der Waals surface area contributed by atoms with Crippen LogP contribution >= 0.6 is 15.9 Å². The number of hydrogen-bond acceptors (Lipinski definition) is 3. The highest BCUT2D eigenvalue weighted by molar-refractivity contribution is 9.10. The van der Waals surface area contributed by atoms with E-state index in [1.807, 2.05) is 0 Å². The van der Waals surface area contributed by atoms with Crippen molar-refractivity contribution in [3.8, 4) is 0 Å². The molecule has 20 heavy (non-hydrogen) atoms. The highest BCUT2D eigenvalue weighted by Gasteiger charge is 2.25. The molecular formula is C13H15BrFN3O2. The second-order valence-corrected chi connectivity index (χ2v) is 5.69. The van der Waals surface area contributed by atoms with Crippen molar-refractivity contribution in [3.63, 3.8) is 0 Å². The first-order valence-electron chi connectivity index (χ1n) is 6.18. The van der Waals surface area contributed by atoms with E-state index in [9.17, 15) is 14.0 Å². The van der Waals surface area contributed by atoms with Crippen molar-refractivity contribution in [1.82, 2.24) is 10.2 Å². The average Bonchev–Trinajstić information content (AvgIpc) is 2.38. The molecule has 2 rings (SSSR count). The number of carbonyl (C=O) groups is 2. The maximum absolute atomic E-state index is 13.2. The van der Waals surface area contributed by atoms with Crippen molar-refractivity contribution in [1.29, 1.82) is 0 Å². The summed E-state index contributed by atoms with van der Waals surface area (Å²) in [5.74, 6) is -0.838. The van der Waals surface area contributed by atoms with Crippen LogP contribution in [-0.4, -0.2) is 36.3 Å². The van der Waals surface area contributed by atoms with Crippen LogP contribution in [0.3, 0.4) is 0 Å². The van der Waals surface area contributed by atoms with E-state index in [1.54, 1.807) is 11.9 Å². The van der Waals surface area contributed by atoms with E-state index in [0.29, 0.717) is 23.9 Å². The molecule has 1 saturated heterocycles. The fourth-order valence-electron chi connectivity index (χ4n) is 2.13. The van der Waals surface area contributed by atoms with Gasteiger partial charge in [-0.3, -0.25) is 9.59 Å². The number of likely N-dealkylation sites (N-methyl/N-ethyl adjacent to an activating group) is 1. The van der Waals surface area contributed by atoms with Crippen LogP contribution in [-0.2, 0) is 4.79 Å². The number of piperidine rings is 1. The predicted octanol–water partition coefficient (Wildman–Crippen LogP) is 1.52. The van der Waals surface area contributed by atoms with Crippen molar-refractivity contribution in [2.24, 2.45) is 0 Å². The SMILES string of the molecule is CN1CC(NC(=O)c2cc(N)c(F)cc2Br)CCC1=O. The minimum atomic E-state index is -0.573. The molecule has 0 aromatic heterocycles. The molecule has 2 amide bonds. The minimum absolute atomic E-state index is 0.0720. The molecule has 1 aromatic rings. The van der Waals surface area contributed by atoms with Gasteiger partial charge in [-0.15, -0.1) is 0 Å². The summed E-state index contributed by atoms with van der Waals surface area (Å²) < 4.78 is 13.6. The lowest BCUT2D eigenvalue weighted by Gasteiger charge is -2.30. The van der Waals surface area contributed by atoms with Crippen molar-refractivity contribution in [2.75, 3.05) is 19.3 Å². The lowest BCUT2D eigenvalue weighted by Crippen LogP contribution is -2.48. The van der Waals surface area contributed by atoms with Gasteiger partial charge in [-0.1, -0.05) is 0 Å². The van der Waals surface area contributed by atoms with Crippen LogP contribution in [0.1, 0.15) is 23.2 Å². The number of hydrogen-bond donors (Lipinski definition) is 2. The number of rotatable bonds is 2. The molecule has 0 aliphatic carbocycles. The number of nitrogens with zero attached hydrogens (tertiary/aromatic N) is 1. The van der Waals surface area contributed by atoms with E-state index >= 15 is 0 Å². The van der Waals surface area contributed by atoms with Crippen molar-refractivity contribution in [2.45, 2.75) is 18.9 Å². The third-order valence-corrected chi connectivity index (χ3v) is 3.95. The molecular weight excluding hydrogens is 329 g/mol. The van der Waals surface area contributed by atoms with Gasteiger partial charge in [-0.25, -0.2) is 4.39 Å². The van der Waals surface area contributed by atoms with Crippen molar-refractivity contribution in [3.05, 3.63) is 28.0 Å². The van der Waals surface area contributed by atoms with Gasteiger partial charge in [-0.2, -0.15) is 0 Å². The van der Waals surface area contributed by atoms with Crippen LogP contribution in [0.25, 0.3) is 0 Å². The first kappa shape index (κ1) is 14.8. The topological polar surface area (TPSA) is 75.4 Å². The Labute approximate surface area is 124 Å². The fourth-order valence-corrected chi connectivity index (χ4v) is 2.63. The summed E-state index contributed by atoms with van der Waals surface area (Å²) in [6, 6.07) is 2.36. The van der Waals surface area contributed by atoms with Gasteiger partial charge in [0.25, 0.3) is 5.91 Å². The second-order valence-electron chi connectivity index (χ2n) is 4.84. The Kier molecular flexibility index (Phi) is 4.27. The van der Waals surface area contributed by atoms with E-state index in [-0.39, 0.29) is 29.1 Å². The van der Waals surface area contributed by atoms with Crippen LogP contribution in [0.2, 0.25) is 0 Å². The van der Waals surface area contributed by atoms with Crippen LogP contribution in [0.15, 0.2) is 16.6 Å². The zero-order valence-electron chi connectivity index (χ0n) is 11.0. The molecule has 1 heterocycles. The zero-order valence-corrected chi connectivity index (χ0v) is 12.5. The summed E-state index contributed by atoms with van der Waals surface area (Å²) in [5, 5.41) is 2.83. The smallest absolute Gasteiger partial charge is 0.252 e. The third-order valence-electron chi connectivity index (χ3n) is 3.29.